The summed E-state index contributed by atoms with van der Waals surface area (Å²) in [6.07, 6.45) is 1.71. The van der Waals surface area contributed by atoms with Gasteiger partial charge in [-0.2, -0.15) is 0 Å². The second-order valence-electron chi connectivity index (χ2n) is 5.97. The number of hydrogen-bond acceptors (Lipinski definition) is 5. The van der Waals surface area contributed by atoms with E-state index in [4.69, 9.17) is 4.74 Å². The van der Waals surface area contributed by atoms with Gasteiger partial charge in [0, 0.05) is 38.6 Å². The van der Waals surface area contributed by atoms with Gasteiger partial charge >= 0.3 is 0 Å². The lowest BCUT2D eigenvalue weighted by Gasteiger charge is -2.22. The average molecular weight is 331 g/mol. The molecule has 7 nitrogen and oxygen atoms in total. The first-order valence-electron chi connectivity index (χ1n) is 8.09. The van der Waals surface area contributed by atoms with E-state index >= 15 is 0 Å². The van der Waals surface area contributed by atoms with Gasteiger partial charge in [0.05, 0.1) is 30.4 Å². The Hall–Kier alpha value is -2.25. The normalized spacial score (nSPS) is 18.5. The van der Waals surface area contributed by atoms with E-state index in [1.165, 1.54) is 10.9 Å². The van der Waals surface area contributed by atoms with Gasteiger partial charge < -0.3 is 14.7 Å². The lowest BCUT2D eigenvalue weighted by molar-refractivity contribution is -0.131. The average Bonchev–Trinajstić information content (AvgIpc) is 2.87. The van der Waals surface area contributed by atoms with Crippen LogP contribution in [0.2, 0.25) is 0 Å². The molecule has 1 aliphatic heterocycles. The van der Waals surface area contributed by atoms with Crippen LogP contribution in [-0.2, 0) is 16.1 Å². The largest absolute Gasteiger partial charge is 0.396 e. The molecule has 0 saturated carbocycles. The third kappa shape index (κ3) is 3.63. The van der Waals surface area contributed by atoms with Gasteiger partial charge in [0.2, 0.25) is 5.91 Å². The monoisotopic (exact) mass is 331 g/mol. The summed E-state index contributed by atoms with van der Waals surface area (Å²) in [6.45, 7) is 2.23. The van der Waals surface area contributed by atoms with Crippen LogP contribution < -0.4 is 5.56 Å². The number of carbonyl (C=O) groups is 1. The van der Waals surface area contributed by atoms with E-state index in [1.807, 2.05) is 6.07 Å². The van der Waals surface area contributed by atoms with Crippen LogP contribution in [-0.4, -0.2) is 58.4 Å². The van der Waals surface area contributed by atoms with Crippen LogP contribution in [0.3, 0.4) is 0 Å². The molecule has 7 heteroatoms. The standard InChI is InChI=1S/C17H21N3O4/c21-10-13-9-19(7-8-24-11-13)16(22)5-6-20-12-18-15-4-2-1-3-14(15)17(20)23/h1-4,12-13,21H,5-11H2. The minimum atomic E-state index is -0.138. The Morgan fingerprint density at radius 3 is 3.04 bits per heavy atom. The maximum Gasteiger partial charge on any atom is 0.261 e. The number of aryl methyl sites for hydroxylation is 1. The smallest absolute Gasteiger partial charge is 0.261 e. The Balaban J connectivity index is 1.68. The van der Waals surface area contributed by atoms with Crippen LogP contribution in [0.1, 0.15) is 6.42 Å². The molecule has 0 aliphatic carbocycles. The fourth-order valence-corrected chi connectivity index (χ4v) is 2.86. The Morgan fingerprint density at radius 2 is 2.21 bits per heavy atom. The second kappa shape index (κ2) is 7.55. The predicted octanol–water partition coefficient (Wildman–Crippen LogP) is 0.254. The fourth-order valence-electron chi connectivity index (χ4n) is 2.86. The van der Waals surface area contributed by atoms with Gasteiger partial charge in [-0.15, -0.1) is 0 Å². The van der Waals surface area contributed by atoms with E-state index in [9.17, 15) is 14.7 Å². The highest BCUT2D eigenvalue weighted by Crippen LogP contribution is 2.09. The van der Waals surface area contributed by atoms with Crippen LogP contribution in [0.15, 0.2) is 35.4 Å². The van der Waals surface area contributed by atoms with E-state index in [1.54, 1.807) is 23.1 Å². The molecule has 1 aromatic heterocycles. The number of nitrogens with zero attached hydrogens (tertiary/aromatic N) is 3. The molecule has 1 amide bonds. The third-order valence-corrected chi connectivity index (χ3v) is 4.25. The zero-order valence-corrected chi connectivity index (χ0v) is 13.4. The van der Waals surface area contributed by atoms with E-state index in [-0.39, 0.29) is 37.0 Å². The Labute approximate surface area is 139 Å². The van der Waals surface area contributed by atoms with Crippen molar-refractivity contribution in [2.75, 3.05) is 32.9 Å². The molecule has 24 heavy (non-hydrogen) atoms. The van der Waals surface area contributed by atoms with Crippen molar-refractivity contribution in [1.82, 2.24) is 14.5 Å². The Bertz CT molecular complexity index is 774. The molecule has 0 spiro atoms. The van der Waals surface area contributed by atoms with E-state index in [0.717, 1.165) is 0 Å². The number of amides is 1. The van der Waals surface area contributed by atoms with Crippen molar-refractivity contribution in [2.24, 2.45) is 5.92 Å². The number of benzene rings is 1. The molecular weight excluding hydrogens is 310 g/mol. The first-order valence-corrected chi connectivity index (χ1v) is 8.09. The molecule has 3 rings (SSSR count). The maximum atomic E-state index is 12.4. The zero-order valence-electron chi connectivity index (χ0n) is 13.4. The number of aliphatic hydroxyl groups is 1. The number of carbonyl (C=O) groups excluding carboxylic acids is 1. The molecule has 0 bridgehead atoms. The van der Waals surface area contributed by atoms with E-state index < -0.39 is 0 Å². The molecule has 1 atom stereocenters. The Kier molecular flexibility index (Phi) is 5.22. The van der Waals surface area contributed by atoms with Crippen LogP contribution in [0.25, 0.3) is 10.9 Å². The minimum Gasteiger partial charge on any atom is -0.396 e. The summed E-state index contributed by atoms with van der Waals surface area (Å²) < 4.78 is 6.86. The highest BCUT2D eigenvalue weighted by atomic mass is 16.5. The molecule has 1 N–H and O–H groups in total. The number of para-hydroxylation sites is 1. The zero-order chi connectivity index (χ0) is 16.9. The summed E-state index contributed by atoms with van der Waals surface area (Å²) in [4.78, 5) is 30.8. The fraction of sp³-hybridized carbons (Fsp3) is 0.471. The topological polar surface area (TPSA) is 84.7 Å². The van der Waals surface area contributed by atoms with E-state index in [0.29, 0.717) is 37.2 Å². The second-order valence-corrected chi connectivity index (χ2v) is 5.97. The molecule has 128 valence electrons. The molecule has 2 aromatic rings. The van der Waals surface area contributed by atoms with Crippen molar-refractivity contribution >= 4 is 16.8 Å². The number of ether oxygens (including phenoxy) is 1. The van der Waals surface area contributed by atoms with Crippen LogP contribution in [0.5, 0.6) is 0 Å². The highest BCUT2D eigenvalue weighted by molar-refractivity contribution is 5.77. The van der Waals surface area contributed by atoms with Crippen molar-refractivity contribution in [3.05, 3.63) is 40.9 Å². The van der Waals surface area contributed by atoms with Crippen molar-refractivity contribution in [1.29, 1.82) is 0 Å². The van der Waals surface area contributed by atoms with Crippen LogP contribution in [0, 0.1) is 5.92 Å². The van der Waals surface area contributed by atoms with Gasteiger partial charge in [0.25, 0.3) is 5.56 Å². The maximum absolute atomic E-state index is 12.4. The molecule has 0 radical (unpaired) electrons. The molecular formula is C17H21N3O4. The van der Waals surface area contributed by atoms with Crippen LogP contribution >= 0.6 is 0 Å². The number of aliphatic hydroxyl groups excluding tert-OH is 1. The first kappa shape index (κ1) is 16.6. The summed E-state index contributed by atoms with van der Waals surface area (Å²) in [5.41, 5.74) is 0.515. The molecule has 1 fully saturated rings. The third-order valence-electron chi connectivity index (χ3n) is 4.25. The van der Waals surface area contributed by atoms with Gasteiger partial charge in [0.1, 0.15) is 0 Å². The summed E-state index contributed by atoms with van der Waals surface area (Å²) in [7, 11) is 0. The minimum absolute atomic E-state index is 0.00215. The van der Waals surface area contributed by atoms with Crippen LogP contribution in [0.4, 0.5) is 0 Å². The first-order chi connectivity index (χ1) is 11.7. The lowest BCUT2D eigenvalue weighted by atomic mass is 10.1. The molecule has 1 unspecified atom stereocenters. The number of aromatic nitrogens is 2. The summed E-state index contributed by atoms with van der Waals surface area (Å²) in [6, 6.07) is 7.16. The number of rotatable bonds is 4. The Morgan fingerprint density at radius 1 is 1.38 bits per heavy atom. The molecule has 2 heterocycles. The van der Waals surface area contributed by atoms with Crippen molar-refractivity contribution in [2.45, 2.75) is 13.0 Å². The van der Waals surface area contributed by atoms with Gasteiger partial charge in [-0.05, 0) is 12.1 Å². The summed E-state index contributed by atoms with van der Waals surface area (Å²) >= 11 is 0. The van der Waals surface area contributed by atoms with Gasteiger partial charge in [-0.25, -0.2) is 4.98 Å². The van der Waals surface area contributed by atoms with Crippen molar-refractivity contribution < 1.29 is 14.6 Å². The van der Waals surface area contributed by atoms with Crippen molar-refractivity contribution in [3.63, 3.8) is 0 Å². The highest BCUT2D eigenvalue weighted by Gasteiger charge is 2.21. The number of hydrogen-bond donors (Lipinski definition) is 1. The summed E-state index contributed by atoms with van der Waals surface area (Å²) in [5, 5.41) is 9.84. The van der Waals surface area contributed by atoms with Crippen molar-refractivity contribution in [3.8, 4) is 0 Å². The number of fused-ring (bicyclic) bond motifs is 1. The SMILES string of the molecule is O=C(CCn1cnc2ccccc2c1=O)N1CCOCC(CO)C1. The van der Waals surface area contributed by atoms with Gasteiger partial charge in [0.15, 0.2) is 0 Å². The predicted molar refractivity (Wildman–Crippen MR) is 88.6 cm³/mol. The lowest BCUT2D eigenvalue weighted by Crippen LogP contribution is -2.37. The summed E-state index contributed by atoms with van der Waals surface area (Å²) in [5.74, 6) is -0.0967. The molecule has 1 aromatic carbocycles. The quantitative estimate of drug-likeness (QED) is 0.868. The van der Waals surface area contributed by atoms with Gasteiger partial charge in [-0.3, -0.25) is 14.2 Å². The van der Waals surface area contributed by atoms with E-state index in [2.05, 4.69) is 4.98 Å². The molecule has 1 saturated heterocycles. The van der Waals surface area contributed by atoms with Gasteiger partial charge in [-0.1, -0.05) is 12.1 Å². The molecule has 1 aliphatic rings.